The van der Waals surface area contributed by atoms with E-state index >= 15 is 0 Å². The molecule has 29 heavy (non-hydrogen) atoms. The lowest BCUT2D eigenvalue weighted by atomic mass is 9.54. The van der Waals surface area contributed by atoms with Crippen LogP contribution in [0.4, 0.5) is 0 Å². The lowest BCUT2D eigenvalue weighted by Crippen LogP contribution is -2.59. The molecule has 3 aliphatic rings. The molecular weight excluding hydrogens is 366 g/mol. The molecule has 2 bridgehead atoms. The molecular formula is C24H18NO4+. The number of hydrogen-bond acceptors (Lipinski definition) is 3. The smallest absolute Gasteiger partial charge is 0.335 e. The van der Waals surface area contributed by atoms with Gasteiger partial charge in [-0.1, -0.05) is 12.1 Å². The average molecular weight is 384 g/mol. The zero-order valence-electron chi connectivity index (χ0n) is 15.5. The van der Waals surface area contributed by atoms with Crippen molar-refractivity contribution in [1.82, 2.24) is 0 Å². The Hall–Kier alpha value is -3.60. The Morgan fingerprint density at radius 2 is 1.76 bits per heavy atom. The second-order valence-corrected chi connectivity index (χ2v) is 7.83. The van der Waals surface area contributed by atoms with Crippen LogP contribution in [0.1, 0.15) is 56.7 Å². The molecule has 0 fully saturated rings. The highest BCUT2D eigenvalue weighted by atomic mass is 16.4. The molecule has 5 nitrogen and oxygen atoms in total. The van der Waals surface area contributed by atoms with E-state index in [4.69, 9.17) is 8.83 Å². The predicted molar refractivity (Wildman–Crippen MR) is 103 cm³/mol. The van der Waals surface area contributed by atoms with Gasteiger partial charge in [-0.3, -0.25) is 0 Å². The highest BCUT2D eigenvalue weighted by Gasteiger charge is 2.60. The van der Waals surface area contributed by atoms with Crippen LogP contribution < -0.4 is 4.57 Å². The number of aromatic nitrogens is 1. The van der Waals surface area contributed by atoms with Crippen molar-refractivity contribution in [1.29, 1.82) is 0 Å². The van der Waals surface area contributed by atoms with Gasteiger partial charge in [-0.25, -0.2) is 4.79 Å². The van der Waals surface area contributed by atoms with Crippen molar-refractivity contribution >= 4 is 5.97 Å². The van der Waals surface area contributed by atoms with E-state index in [2.05, 4.69) is 16.8 Å². The molecule has 2 aliphatic heterocycles. The van der Waals surface area contributed by atoms with Gasteiger partial charge in [0.2, 0.25) is 0 Å². The molecule has 142 valence electrons. The first-order valence-corrected chi connectivity index (χ1v) is 9.63. The molecule has 0 spiro atoms. The highest BCUT2D eigenvalue weighted by molar-refractivity contribution is 5.88. The van der Waals surface area contributed by atoms with Gasteiger partial charge in [0.25, 0.3) is 0 Å². The number of carboxylic acids is 1. The topological polar surface area (TPSA) is 67.5 Å². The maximum absolute atomic E-state index is 11.7. The number of benzene rings is 1. The number of hydrogen-bond donors (Lipinski definition) is 1. The number of rotatable bonds is 3. The Labute approximate surface area is 166 Å². The number of aromatic carboxylic acids is 1. The fraction of sp³-hybridized carbons (Fsp3) is 0.167. The quantitative estimate of drug-likeness (QED) is 0.535. The SMILES string of the molecule is O=C(O)c1ccc2c(c1)[C@H]1c3cccc[n+]3[C@@H]2CC1(c1ccoc1)c1ccoc1. The summed E-state index contributed by atoms with van der Waals surface area (Å²) in [4.78, 5) is 11.7. The number of furan rings is 2. The largest absolute Gasteiger partial charge is 0.478 e. The number of pyridine rings is 1. The fourth-order valence-electron chi connectivity index (χ4n) is 5.49. The predicted octanol–water partition coefficient (Wildman–Crippen LogP) is 4.28. The molecule has 0 radical (unpaired) electrons. The van der Waals surface area contributed by atoms with Gasteiger partial charge in [0.1, 0.15) is 0 Å². The first kappa shape index (κ1) is 16.4. The van der Waals surface area contributed by atoms with E-state index in [-0.39, 0.29) is 12.0 Å². The standard InChI is InChI=1S/C24H17NO4/c26-23(27)15-4-5-18-19(11-15)22-20-3-1-2-8-25(20)21(18)12-24(22,16-6-9-28-13-16)17-7-10-29-14-17/h1-11,13-14,21-22H,12H2/p+1/t21-,22+/m1/s1. The summed E-state index contributed by atoms with van der Waals surface area (Å²) in [7, 11) is 0. The molecule has 4 aromatic rings. The Morgan fingerprint density at radius 1 is 1.00 bits per heavy atom. The average Bonchev–Trinajstić information content (AvgIpc) is 3.48. The van der Waals surface area contributed by atoms with E-state index in [0.29, 0.717) is 5.56 Å². The number of fused-ring (bicyclic) bond motifs is 1. The molecule has 0 amide bonds. The zero-order valence-corrected chi connectivity index (χ0v) is 15.5. The monoisotopic (exact) mass is 384 g/mol. The van der Waals surface area contributed by atoms with Crippen molar-refractivity contribution in [2.24, 2.45) is 0 Å². The fourth-order valence-corrected chi connectivity index (χ4v) is 5.49. The second kappa shape index (κ2) is 5.70. The molecule has 0 saturated carbocycles. The maximum atomic E-state index is 11.7. The van der Waals surface area contributed by atoms with Crippen LogP contribution in [-0.2, 0) is 5.41 Å². The minimum atomic E-state index is -0.910. The molecule has 5 heterocycles. The van der Waals surface area contributed by atoms with E-state index in [9.17, 15) is 9.90 Å². The lowest BCUT2D eigenvalue weighted by molar-refractivity contribution is -0.732. The minimum absolute atomic E-state index is 0.0572. The van der Waals surface area contributed by atoms with E-state index in [1.165, 1.54) is 11.3 Å². The van der Waals surface area contributed by atoms with Crippen LogP contribution in [0.3, 0.4) is 0 Å². The van der Waals surface area contributed by atoms with Crippen molar-refractivity contribution in [2.45, 2.75) is 23.8 Å². The van der Waals surface area contributed by atoms with Gasteiger partial charge in [-0.2, -0.15) is 4.57 Å². The van der Waals surface area contributed by atoms with Crippen LogP contribution in [0.5, 0.6) is 0 Å². The molecule has 1 N–H and O–H groups in total. The van der Waals surface area contributed by atoms with Crippen molar-refractivity contribution in [3.8, 4) is 0 Å². The van der Waals surface area contributed by atoms with Gasteiger partial charge in [0, 0.05) is 35.2 Å². The van der Waals surface area contributed by atoms with Gasteiger partial charge < -0.3 is 13.9 Å². The lowest BCUT2D eigenvalue weighted by Gasteiger charge is -2.48. The third-order valence-corrected chi connectivity index (χ3v) is 6.64. The molecule has 0 unspecified atom stereocenters. The first-order chi connectivity index (χ1) is 14.2. The van der Waals surface area contributed by atoms with Gasteiger partial charge in [0.05, 0.1) is 41.9 Å². The second-order valence-electron chi connectivity index (χ2n) is 7.83. The molecule has 5 heteroatoms. The Kier molecular flexibility index (Phi) is 3.22. The Morgan fingerprint density at radius 3 is 2.41 bits per heavy atom. The summed E-state index contributed by atoms with van der Waals surface area (Å²) in [5, 5.41) is 9.61. The Bertz CT molecular complexity index is 1190. The van der Waals surface area contributed by atoms with Gasteiger partial charge in [-0.15, -0.1) is 0 Å². The minimum Gasteiger partial charge on any atom is -0.478 e. The van der Waals surface area contributed by atoms with Gasteiger partial charge >= 0.3 is 5.97 Å². The molecule has 1 aromatic carbocycles. The normalized spacial score (nSPS) is 20.8. The summed E-state index contributed by atoms with van der Waals surface area (Å²) in [6, 6.07) is 15.9. The van der Waals surface area contributed by atoms with Crippen LogP contribution in [0.25, 0.3) is 0 Å². The summed E-state index contributed by atoms with van der Waals surface area (Å²) >= 11 is 0. The van der Waals surface area contributed by atoms with E-state index in [0.717, 1.165) is 23.1 Å². The summed E-state index contributed by atoms with van der Waals surface area (Å²) in [5.41, 5.74) is 5.50. The summed E-state index contributed by atoms with van der Waals surface area (Å²) in [6.45, 7) is 0. The van der Waals surface area contributed by atoms with Crippen LogP contribution in [-0.4, -0.2) is 11.1 Å². The van der Waals surface area contributed by atoms with E-state index < -0.39 is 11.4 Å². The number of carbonyl (C=O) groups is 1. The van der Waals surface area contributed by atoms with Gasteiger partial charge in [-0.05, 0) is 29.8 Å². The number of carboxylic acid groups (broad SMARTS) is 1. The molecule has 0 saturated heterocycles. The Balaban J connectivity index is 1.71. The first-order valence-electron chi connectivity index (χ1n) is 9.63. The van der Waals surface area contributed by atoms with Crippen molar-refractivity contribution in [3.63, 3.8) is 0 Å². The molecule has 2 atom stereocenters. The summed E-state index contributed by atoms with van der Waals surface area (Å²) in [5.74, 6) is -0.967. The maximum Gasteiger partial charge on any atom is 0.335 e. The zero-order chi connectivity index (χ0) is 19.6. The van der Waals surface area contributed by atoms with E-state index in [1.54, 1.807) is 18.6 Å². The van der Waals surface area contributed by atoms with E-state index in [1.807, 2.05) is 48.9 Å². The van der Waals surface area contributed by atoms with Crippen LogP contribution in [0.2, 0.25) is 0 Å². The summed E-state index contributed by atoms with van der Waals surface area (Å²) in [6.07, 6.45) is 9.98. The summed E-state index contributed by atoms with van der Waals surface area (Å²) < 4.78 is 13.3. The molecule has 3 aromatic heterocycles. The highest BCUT2D eigenvalue weighted by Crippen LogP contribution is 2.59. The van der Waals surface area contributed by atoms with Gasteiger partial charge in [0.15, 0.2) is 17.9 Å². The van der Waals surface area contributed by atoms with Crippen LogP contribution in [0.15, 0.2) is 88.6 Å². The van der Waals surface area contributed by atoms with Crippen molar-refractivity contribution in [3.05, 3.63) is 113 Å². The third kappa shape index (κ3) is 2.04. The molecule has 7 rings (SSSR count). The third-order valence-electron chi connectivity index (χ3n) is 6.64. The van der Waals surface area contributed by atoms with Crippen LogP contribution in [0, 0.1) is 0 Å². The molecule has 1 aliphatic carbocycles. The van der Waals surface area contributed by atoms with Crippen molar-refractivity contribution in [2.75, 3.05) is 0 Å². The van der Waals surface area contributed by atoms with Crippen molar-refractivity contribution < 1.29 is 23.3 Å². The van der Waals surface area contributed by atoms with Crippen LogP contribution >= 0.6 is 0 Å². The number of nitrogens with zero attached hydrogens (tertiary/aromatic N) is 1.